The molecule has 1 aromatic rings. The van der Waals surface area contributed by atoms with E-state index in [1.165, 1.54) is 11.3 Å². The van der Waals surface area contributed by atoms with E-state index in [0.717, 1.165) is 4.88 Å². The zero-order valence-electron chi connectivity index (χ0n) is 5.77. The van der Waals surface area contributed by atoms with Gasteiger partial charge in [0.2, 0.25) is 0 Å². The van der Waals surface area contributed by atoms with Gasteiger partial charge in [-0.05, 0) is 11.4 Å². The second-order valence-corrected chi connectivity index (χ2v) is 3.81. The first-order valence-electron chi connectivity index (χ1n) is 3.21. The van der Waals surface area contributed by atoms with E-state index in [9.17, 15) is 10.2 Å². The van der Waals surface area contributed by atoms with Crippen LogP contribution >= 0.6 is 27.3 Å². The van der Waals surface area contributed by atoms with Crippen molar-refractivity contribution in [1.82, 2.24) is 0 Å². The lowest BCUT2D eigenvalue weighted by Crippen LogP contribution is -2.18. The Kier molecular flexibility index (Phi) is 3.51. The van der Waals surface area contributed by atoms with Crippen LogP contribution in [0.3, 0.4) is 0 Å². The molecule has 4 heteroatoms. The fourth-order valence-electron chi connectivity index (χ4n) is 0.734. The van der Waals surface area contributed by atoms with Crippen LogP contribution < -0.4 is 0 Å². The number of hydrogen-bond acceptors (Lipinski definition) is 3. The molecule has 2 N–H and O–H groups in total. The number of aliphatic hydroxyl groups is 2. The van der Waals surface area contributed by atoms with Crippen LogP contribution in [0.15, 0.2) is 17.5 Å². The average molecular weight is 237 g/mol. The van der Waals surface area contributed by atoms with Crippen LogP contribution in [-0.4, -0.2) is 21.6 Å². The minimum absolute atomic E-state index is 0.395. The predicted octanol–water partition coefficient (Wildman–Crippen LogP) is 1.54. The van der Waals surface area contributed by atoms with E-state index in [0.29, 0.717) is 5.33 Å². The third kappa shape index (κ3) is 2.27. The number of hydrogen-bond donors (Lipinski definition) is 2. The lowest BCUT2D eigenvalue weighted by Gasteiger charge is -2.12. The molecule has 1 aromatic heterocycles. The molecule has 62 valence electrons. The Hall–Kier alpha value is 0.100. The molecule has 0 fully saturated rings. The SMILES string of the molecule is OC(CBr)C(O)c1cccs1. The first-order valence-corrected chi connectivity index (χ1v) is 5.21. The molecule has 2 unspecified atom stereocenters. The molecule has 0 spiro atoms. The quantitative estimate of drug-likeness (QED) is 0.783. The standard InChI is InChI=1S/C7H9BrO2S/c8-4-5(9)7(10)6-2-1-3-11-6/h1-3,5,7,9-10H,4H2. The number of aliphatic hydroxyl groups excluding tert-OH is 2. The van der Waals surface area contributed by atoms with Crippen molar-refractivity contribution in [2.24, 2.45) is 0 Å². The molecule has 2 nitrogen and oxygen atoms in total. The smallest absolute Gasteiger partial charge is 0.115 e. The fraction of sp³-hybridized carbons (Fsp3) is 0.429. The maximum atomic E-state index is 9.41. The van der Waals surface area contributed by atoms with Gasteiger partial charge in [0.05, 0.1) is 6.10 Å². The van der Waals surface area contributed by atoms with Crippen LogP contribution in [0.4, 0.5) is 0 Å². The van der Waals surface area contributed by atoms with Crippen molar-refractivity contribution < 1.29 is 10.2 Å². The summed E-state index contributed by atoms with van der Waals surface area (Å²) in [4.78, 5) is 0.803. The van der Waals surface area contributed by atoms with E-state index in [4.69, 9.17) is 0 Å². The first kappa shape index (κ1) is 9.19. The summed E-state index contributed by atoms with van der Waals surface area (Å²) in [6, 6.07) is 3.66. The highest BCUT2D eigenvalue weighted by atomic mass is 79.9. The summed E-state index contributed by atoms with van der Waals surface area (Å²) in [5.41, 5.74) is 0. The second kappa shape index (κ2) is 4.21. The lowest BCUT2D eigenvalue weighted by atomic mass is 10.2. The van der Waals surface area contributed by atoms with Crippen molar-refractivity contribution in [3.8, 4) is 0 Å². The maximum Gasteiger partial charge on any atom is 0.115 e. The largest absolute Gasteiger partial charge is 0.389 e. The molecule has 1 heterocycles. The maximum absolute atomic E-state index is 9.41. The summed E-state index contributed by atoms with van der Waals surface area (Å²) in [6.07, 6.45) is -1.47. The number of rotatable bonds is 3. The van der Waals surface area contributed by atoms with Gasteiger partial charge in [0.25, 0.3) is 0 Å². The predicted molar refractivity (Wildman–Crippen MR) is 49.1 cm³/mol. The van der Waals surface area contributed by atoms with Gasteiger partial charge in [0.15, 0.2) is 0 Å². The molecule has 1 rings (SSSR count). The molecule has 0 amide bonds. The van der Waals surface area contributed by atoms with Crippen molar-refractivity contribution in [3.05, 3.63) is 22.4 Å². The molecule has 11 heavy (non-hydrogen) atoms. The monoisotopic (exact) mass is 236 g/mol. The molecule has 2 atom stereocenters. The van der Waals surface area contributed by atoms with Gasteiger partial charge in [0, 0.05) is 10.2 Å². The number of thiophene rings is 1. The van der Waals surface area contributed by atoms with E-state index >= 15 is 0 Å². The van der Waals surface area contributed by atoms with Gasteiger partial charge >= 0.3 is 0 Å². The van der Waals surface area contributed by atoms with E-state index in [1.54, 1.807) is 6.07 Å². The minimum atomic E-state index is -0.755. The molecular weight excluding hydrogens is 228 g/mol. The summed E-state index contributed by atoms with van der Waals surface area (Å²) < 4.78 is 0. The average Bonchev–Trinajstić information content (AvgIpc) is 2.53. The van der Waals surface area contributed by atoms with Crippen LogP contribution in [0, 0.1) is 0 Å². The fourth-order valence-corrected chi connectivity index (χ4v) is 1.86. The topological polar surface area (TPSA) is 40.5 Å². The van der Waals surface area contributed by atoms with Gasteiger partial charge in [-0.2, -0.15) is 0 Å². The molecule has 0 aliphatic carbocycles. The van der Waals surface area contributed by atoms with Crippen molar-refractivity contribution >= 4 is 27.3 Å². The summed E-state index contributed by atoms with van der Waals surface area (Å²) >= 11 is 4.54. The Bertz CT molecular complexity index is 200. The van der Waals surface area contributed by atoms with Crippen LogP contribution in [0.25, 0.3) is 0 Å². The second-order valence-electron chi connectivity index (χ2n) is 2.18. The lowest BCUT2D eigenvalue weighted by molar-refractivity contribution is 0.0366. The third-order valence-electron chi connectivity index (χ3n) is 1.36. The highest BCUT2D eigenvalue weighted by Gasteiger charge is 2.17. The Balaban J connectivity index is 2.62. The Morgan fingerprint density at radius 1 is 1.55 bits per heavy atom. The van der Waals surface area contributed by atoms with E-state index in [2.05, 4.69) is 15.9 Å². The van der Waals surface area contributed by atoms with Gasteiger partial charge in [-0.25, -0.2) is 0 Å². The molecule has 0 saturated heterocycles. The van der Waals surface area contributed by atoms with Crippen molar-refractivity contribution in [2.45, 2.75) is 12.2 Å². The van der Waals surface area contributed by atoms with E-state index in [-0.39, 0.29) is 0 Å². The molecule has 0 radical (unpaired) electrons. The zero-order valence-corrected chi connectivity index (χ0v) is 8.18. The Morgan fingerprint density at radius 2 is 2.27 bits per heavy atom. The normalized spacial score (nSPS) is 16.3. The molecular formula is C7H9BrO2S. The highest BCUT2D eigenvalue weighted by Crippen LogP contribution is 2.22. The molecule has 0 bridgehead atoms. The van der Waals surface area contributed by atoms with Crippen LogP contribution in [0.2, 0.25) is 0 Å². The molecule has 0 saturated carbocycles. The van der Waals surface area contributed by atoms with Gasteiger partial charge in [-0.15, -0.1) is 11.3 Å². The van der Waals surface area contributed by atoms with Crippen molar-refractivity contribution in [1.29, 1.82) is 0 Å². The molecule has 0 aliphatic rings. The molecule has 0 aromatic carbocycles. The van der Waals surface area contributed by atoms with Crippen molar-refractivity contribution in [3.63, 3.8) is 0 Å². The van der Waals surface area contributed by atoms with E-state index < -0.39 is 12.2 Å². The summed E-state index contributed by atoms with van der Waals surface area (Å²) in [6.45, 7) is 0. The highest BCUT2D eigenvalue weighted by molar-refractivity contribution is 9.09. The Morgan fingerprint density at radius 3 is 2.73 bits per heavy atom. The number of halogens is 1. The van der Waals surface area contributed by atoms with Crippen LogP contribution in [0.1, 0.15) is 11.0 Å². The number of alkyl halides is 1. The van der Waals surface area contributed by atoms with Crippen LogP contribution in [-0.2, 0) is 0 Å². The van der Waals surface area contributed by atoms with Gasteiger partial charge < -0.3 is 10.2 Å². The minimum Gasteiger partial charge on any atom is -0.389 e. The zero-order chi connectivity index (χ0) is 8.27. The first-order chi connectivity index (χ1) is 5.25. The van der Waals surface area contributed by atoms with Crippen LogP contribution in [0.5, 0.6) is 0 Å². The van der Waals surface area contributed by atoms with Gasteiger partial charge in [-0.1, -0.05) is 22.0 Å². The summed E-state index contributed by atoms with van der Waals surface area (Å²) in [5.74, 6) is 0. The molecule has 0 aliphatic heterocycles. The third-order valence-corrected chi connectivity index (χ3v) is 2.96. The van der Waals surface area contributed by atoms with Gasteiger partial charge in [0.1, 0.15) is 6.10 Å². The van der Waals surface area contributed by atoms with Crippen molar-refractivity contribution in [2.75, 3.05) is 5.33 Å². The summed E-state index contributed by atoms with van der Waals surface area (Å²) in [5, 5.41) is 20.9. The van der Waals surface area contributed by atoms with E-state index in [1.807, 2.05) is 11.4 Å². The Labute approximate surface area is 77.6 Å². The van der Waals surface area contributed by atoms with Gasteiger partial charge in [-0.3, -0.25) is 0 Å². The summed E-state index contributed by atoms with van der Waals surface area (Å²) in [7, 11) is 0.